The van der Waals surface area contributed by atoms with Gasteiger partial charge in [-0.05, 0) is 31.0 Å². The number of carbonyl (C=O) groups is 2. The minimum atomic E-state index is -0.540. The van der Waals surface area contributed by atoms with Crippen LogP contribution in [0.25, 0.3) is 0 Å². The fraction of sp³-hybridized carbons (Fsp3) is 0.476. The average Bonchev–Trinajstić information content (AvgIpc) is 3.02. The van der Waals surface area contributed by atoms with Gasteiger partial charge in [0.25, 0.3) is 5.91 Å². The Bertz CT molecular complexity index is 875. The molecule has 2 aromatic heterocycles. The van der Waals surface area contributed by atoms with Gasteiger partial charge in [0.2, 0.25) is 11.9 Å². The summed E-state index contributed by atoms with van der Waals surface area (Å²) in [6.07, 6.45) is 6.58. The van der Waals surface area contributed by atoms with Crippen molar-refractivity contribution < 1.29 is 9.59 Å². The van der Waals surface area contributed by atoms with Crippen LogP contribution < -0.4 is 4.90 Å². The lowest BCUT2D eigenvalue weighted by Gasteiger charge is -2.34. The van der Waals surface area contributed by atoms with Crippen LogP contribution in [0.2, 0.25) is 0 Å². The fourth-order valence-electron chi connectivity index (χ4n) is 4.67. The quantitative estimate of drug-likeness (QED) is 0.781. The van der Waals surface area contributed by atoms with Gasteiger partial charge in [-0.25, -0.2) is 9.97 Å². The van der Waals surface area contributed by atoms with Crippen molar-refractivity contribution in [3.8, 4) is 0 Å². The SMILES string of the molecule is CN(C)C(=O)[C@]12CCCN(C(=O)c3ccccn3)C[C@H]1CN(c1ncccn1)C2. The first-order valence-corrected chi connectivity index (χ1v) is 9.95. The smallest absolute Gasteiger partial charge is 0.272 e. The third-order valence-electron chi connectivity index (χ3n) is 6.03. The van der Waals surface area contributed by atoms with Gasteiger partial charge in [0.05, 0.1) is 5.41 Å². The molecule has 2 aliphatic heterocycles. The van der Waals surface area contributed by atoms with E-state index in [-0.39, 0.29) is 17.7 Å². The number of amides is 2. The van der Waals surface area contributed by atoms with Gasteiger partial charge in [-0.2, -0.15) is 0 Å². The van der Waals surface area contributed by atoms with Gasteiger partial charge in [0.15, 0.2) is 0 Å². The van der Waals surface area contributed by atoms with Crippen molar-refractivity contribution in [2.45, 2.75) is 12.8 Å². The van der Waals surface area contributed by atoms with E-state index < -0.39 is 5.41 Å². The van der Waals surface area contributed by atoms with Crippen LogP contribution in [-0.4, -0.2) is 76.8 Å². The molecule has 29 heavy (non-hydrogen) atoms. The minimum Gasteiger partial charge on any atom is -0.348 e. The van der Waals surface area contributed by atoms with E-state index >= 15 is 0 Å². The summed E-state index contributed by atoms with van der Waals surface area (Å²) in [7, 11) is 3.61. The molecule has 0 N–H and O–H groups in total. The van der Waals surface area contributed by atoms with Crippen LogP contribution in [0.1, 0.15) is 23.3 Å². The maximum Gasteiger partial charge on any atom is 0.272 e. The van der Waals surface area contributed by atoms with Crippen molar-refractivity contribution in [2.24, 2.45) is 11.3 Å². The Balaban J connectivity index is 1.64. The second-order valence-electron chi connectivity index (χ2n) is 8.05. The van der Waals surface area contributed by atoms with Crippen LogP contribution in [0.15, 0.2) is 42.9 Å². The molecule has 0 spiro atoms. The molecule has 152 valence electrons. The molecular formula is C21H26N6O2. The van der Waals surface area contributed by atoms with Crippen molar-refractivity contribution >= 4 is 17.8 Å². The predicted molar refractivity (Wildman–Crippen MR) is 108 cm³/mol. The largest absolute Gasteiger partial charge is 0.348 e. The molecule has 4 heterocycles. The molecule has 8 nitrogen and oxygen atoms in total. The normalized spacial score (nSPS) is 24.0. The highest BCUT2D eigenvalue weighted by Crippen LogP contribution is 2.44. The maximum absolute atomic E-state index is 13.3. The molecule has 4 rings (SSSR count). The number of rotatable bonds is 3. The lowest BCUT2D eigenvalue weighted by molar-refractivity contribution is -0.141. The van der Waals surface area contributed by atoms with Crippen LogP contribution >= 0.6 is 0 Å². The van der Waals surface area contributed by atoms with Gasteiger partial charge in [0, 0.05) is 64.8 Å². The zero-order chi connectivity index (χ0) is 20.4. The Morgan fingerprint density at radius 1 is 1.07 bits per heavy atom. The highest BCUT2D eigenvalue weighted by atomic mass is 16.2. The molecule has 0 unspecified atom stereocenters. The zero-order valence-corrected chi connectivity index (χ0v) is 16.9. The van der Waals surface area contributed by atoms with Crippen molar-refractivity contribution in [1.82, 2.24) is 24.8 Å². The molecule has 0 radical (unpaired) electrons. The number of anilines is 1. The van der Waals surface area contributed by atoms with E-state index in [1.807, 2.05) is 11.0 Å². The van der Waals surface area contributed by atoms with E-state index in [1.165, 1.54) is 0 Å². The molecule has 0 bridgehead atoms. The molecule has 0 saturated carbocycles. The van der Waals surface area contributed by atoms with Crippen LogP contribution in [0, 0.1) is 11.3 Å². The monoisotopic (exact) mass is 394 g/mol. The molecule has 2 atom stereocenters. The minimum absolute atomic E-state index is 0.0105. The highest BCUT2D eigenvalue weighted by Gasteiger charge is 2.54. The molecule has 2 fully saturated rings. The Hall–Kier alpha value is -3.03. The second kappa shape index (κ2) is 7.77. The van der Waals surface area contributed by atoms with Crippen molar-refractivity contribution in [2.75, 3.05) is 45.2 Å². The maximum atomic E-state index is 13.3. The van der Waals surface area contributed by atoms with Gasteiger partial charge in [-0.3, -0.25) is 14.6 Å². The summed E-state index contributed by atoms with van der Waals surface area (Å²) in [5.41, 5.74) is -0.0952. The molecule has 2 amide bonds. The third kappa shape index (κ3) is 3.54. The van der Waals surface area contributed by atoms with Gasteiger partial charge < -0.3 is 14.7 Å². The highest BCUT2D eigenvalue weighted by molar-refractivity contribution is 5.92. The number of likely N-dealkylation sites (tertiary alicyclic amines) is 1. The number of fused-ring (bicyclic) bond motifs is 1. The molecule has 2 aromatic rings. The number of aromatic nitrogens is 3. The second-order valence-corrected chi connectivity index (χ2v) is 8.05. The van der Waals surface area contributed by atoms with Gasteiger partial charge >= 0.3 is 0 Å². The molecule has 0 aromatic carbocycles. The van der Waals surface area contributed by atoms with Gasteiger partial charge in [0.1, 0.15) is 5.69 Å². The topological polar surface area (TPSA) is 82.5 Å². The van der Waals surface area contributed by atoms with Crippen LogP contribution in [0.5, 0.6) is 0 Å². The van der Waals surface area contributed by atoms with E-state index in [9.17, 15) is 9.59 Å². The lowest BCUT2D eigenvalue weighted by Crippen LogP contribution is -2.47. The van der Waals surface area contributed by atoms with E-state index in [0.717, 1.165) is 12.8 Å². The summed E-state index contributed by atoms with van der Waals surface area (Å²) in [6.45, 7) is 2.38. The van der Waals surface area contributed by atoms with Gasteiger partial charge in [-0.1, -0.05) is 6.07 Å². The average molecular weight is 394 g/mol. The Labute approximate surface area is 170 Å². The van der Waals surface area contributed by atoms with E-state index in [4.69, 9.17) is 0 Å². The summed E-state index contributed by atoms with van der Waals surface area (Å²) in [6, 6.07) is 7.15. The first-order valence-electron chi connectivity index (χ1n) is 9.95. The first kappa shape index (κ1) is 19.3. The first-order chi connectivity index (χ1) is 14.0. The van der Waals surface area contributed by atoms with Crippen LogP contribution in [0.4, 0.5) is 5.95 Å². The summed E-state index contributed by atoms with van der Waals surface area (Å²) < 4.78 is 0. The van der Waals surface area contributed by atoms with E-state index in [1.54, 1.807) is 55.8 Å². The summed E-state index contributed by atoms with van der Waals surface area (Å²) in [4.78, 5) is 44.9. The van der Waals surface area contributed by atoms with Crippen LogP contribution in [-0.2, 0) is 4.79 Å². The Morgan fingerprint density at radius 2 is 1.83 bits per heavy atom. The summed E-state index contributed by atoms with van der Waals surface area (Å²) in [5, 5.41) is 0. The van der Waals surface area contributed by atoms with Crippen molar-refractivity contribution in [1.29, 1.82) is 0 Å². The number of nitrogens with zero attached hydrogens (tertiary/aromatic N) is 6. The summed E-state index contributed by atoms with van der Waals surface area (Å²) in [5.74, 6) is 0.687. The van der Waals surface area contributed by atoms with E-state index in [2.05, 4.69) is 19.9 Å². The number of hydrogen-bond donors (Lipinski definition) is 0. The van der Waals surface area contributed by atoms with E-state index in [0.29, 0.717) is 37.8 Å². The zero-order valence-electron chi connectivity index (χ0n) is 16.9. The number of pyridine rings is 1. The Morgan fingerprint density at radius 3 is 2.52 bits per heavy atom. The predicted octanol–water partition coefficient (Wildman–Crippen LogP) is 1.32. The van der Waals surface area contributed by atoms with Gasteiger partial charge in [-0.15, -0.1) is 0 Å². The Kier molecular flexibility index (Phi) is 5.17. The fourth-order valence-corrected chi connectivity index (χ4v) is 4.67. The molecule has 0 aliphatic carbocycles. The van der Waals surface area contributed by atoms with Crippen molar-refractivity contribution in [3.05, 3.63) is 48.5 Å². The number of carbonyl (C=O) groups excluding carboxylic acids is 2. The molecule has 2 aliphatic rings. The number of hydrogen-bond acceptors (Lipinski definition) is 6. The van der Waals surface area contributed by atoms with Crippen molar-refractivity contribution in [3.63, 3.8) is 0 Å². The third-order valence-corrected chi connectivity index (χ3v) is 6.03. The lowest BCUT2D eigenvalue weighted by atomic mass is 9.74. The molecule has 8 heteroatoms. The standard InChI is InChI=1S/C21H26N6O2/c1-25(2)19(29)21-8-5-12-26(18(28)17-7-3-4-9-22-17)13-16(21)14-27(15-21)20-23-10-6-11-24-20/h3-4,6-7,9-11,16H,5,8,12-15H2,1-2H3/t16-,21-/m0/s1. The molecule has 2 saturated heterocycles. The molecular weight excluding hydrogens is 368 g/mol. The summed E-state index contributed by atoms with van der Waals surface area (Å²) >= 11 is 0. The van der Waals surface area contributed by atoms with Crippen LogP contribution in [0.3, 0.4) is 0 Å².